The molecule has 1 aromatic carbocycles. The van der Waals surface area contributed by atoms with Gasteiger partial charge in [-0.2, -0.15) is 48.8 Å². The molecule has 0 unspecified atom stereocenters. The molecule has 0 N–H and O–H groups in total. The summed E-state index contributed by atoms with van der Waals surface area (Å²) in [5, 5.41) is 2.00. The summed E-state index contributed by atoms with van der Waals surface area (Å²) in [5.41, 5.74) is 1.76. The molecule has 0 fully saturated rings. The van der Waals surface area contributed by atoms with Gasteiger partial charge in [0.1, 0.15) is 0 Å². The van der Waals surface area contributed by atoms with Crippen molar-refractivity contribution in [2.75, 3.05) is 23.0 Å². The third kappa shape index (κ3) is 6.59. The number of hydrogen-bond donors (Lipinski definition) is 2. The quantitative estimate of drug-likeness (QED) is 0.163. The first-order valence-corrected chi connectivity index (χ1v) is 11.8. The summed E-state index contributed by atoms with van der Waals surface area (Å²) < 4.78 is 0. The van der Waals surface area contributed by atoms with E-state index < -0.39 is 0 Å². The minimum absolute atomic E-state index is 0.405. The number of rotatable bonds is 10. The molecule has 0 nitrogen and oxygen atoms in total. The maximum Gasteiger partial charge on any atom is 0.0785 e. The molecule has 0 aromatic heterocycles. The average Bonchev–Trinajstić information content (AvgIpc) is 2.51. The zero-order valence-corrected chi connectivity index (χ0v) is 18.3. The van der Waals surface area contributed by atoms with Gasteiger partial charge in [-0.1, -0.05) is 46.4 Å². The Labute approximate surface area is 172 Å². The van der Waals surface area contributed by atoms with Crippen LogP contribution >= 0.6 is 95.2 Å². The van der Waals surface area contributed by atoms with E-state index in [-0.39, 0.29) is 0 Å². The summed E-state index contributed by atoms with van der Waals surface area (Å²) in [5.74, 6) is 5.25. The molecule has 0 aliphatic carbocycles. The number of thioether (sulfide) groups is 2. The highest BCUT2D eigenvalue weighted by Gasteiger charge is 2.20. The zero-order chi connectivity index (χ0) is 16.5. The van der Waals surface area contributed by atoms with Gasteiger partial charge in [0.05, 0.1) is 20.1 Å². The van der Waals surface area contributed by atoms with Gasteiger partial charge in [0.2, 0.25) is 0 Å². The van der Waals surface area contributed by atoms with E-state index in [0.717, 1.165) is 58.5 Å². The molecule has 0 bridgehead atoms. The maximum atomic E-state index is 6.53. The molecular weight excluding hydrogens is 438 g/mol. The lowest BCUT2D eigenvalue weighted by atomic mass is 10.1. The Morgan fingerprint density at radius 3 is 1.41 bits per heavy atom. The first-order valence-electron chi connectivity index (χ1n) is 6.75. The van der Waals surface area contributed by atoms with Crippen LogP contribution < -0.4 is 0 Å². The van der Waals surface area contributed by atoms with E-state index in [2.05, 4.69) is 25.3 Å². The average molecular weight is 456 g/mol. The zero-order valence-electron chi connectivity index (χ0n) is 11.9. The smallest absolute Gasteiger partial charge is 0.0785 e. The molecule has 0 radical (unpaired) electrons. The lowest BCUT2D eigenvalue weighted by molar-refractivity contribution is 1.12. The highest BCUT2D eigenvalue weighted by atomic mass is 35.5. The number of benzene rings is 1. The van der Waals surface area contributed by atoms with Gasteiger partial charge in [0.25, 0.3) is 0 Å². The molecule has 0 spiro atoms. The topological polar surface area (TPSA) is 0 Å². The van der Waals surface area contributed by atoms with Gasteiger partial charge in [-0.05, 0) is 35.9 Å². The van der Waals surface area contributed by atoms with Crippen LogP contribution in [0.2, 0.25) is 20.1 Å². The lowest BCUT2D eigenvalue weighted by Crippen LogP contribution is -1.96. The fourth-order valence-corrected chi connectivity index (χ4v) is 5.91. The fraction of sp³-hybridized carbons (Fsp3) is 0.571. The van der Waals surface area contributed by atoms with Crippen molar-refractivity contribution in [2.45, 2.75) is 24.3 Å². The van der Waals surface area contributed by atoms with Crippen LogP contribution in [0.4, 0.5) is 0 Å². The van der Waals surface area contributed by atoms with E-state index in [1.165, 1.54) is 0 Å². The Bertz CT molecular complexity index is 443. The van der Waals surface area contributed by atoms with E-state index in [0.29, 0.717) is 20.1 Å². The van der Waals surface area contributed by atoms with E-state index in [4.69, 9.17) is 46.4 Å². The van der Waals surface area contributed by atoms with Crippen LogP contribution in [0.1, 0.15) is 24.0 Å². The maximum absolute atomic E-state index is 6.53. The van der Waals surface area contributed by atoms with Gasteiger partial charge < -0.3 is 0 Å². The van der Waals surface area contributed by atoms with E-state index in [9.17, 15) is 0 Å². The molecule has 126 valence electrons. The molecule has 0 heterocycles. The Hall–Kier alpha value is 1.78. The molecule has 8 heteroatoms. The van der Waals surface area contributed by atoms with Crippen molar-refractivity contribution in [3.05, 3.63) is 31.2 Å². The molecule has 1 aromatic rings. The molecular formula is C14H18Cl4S4. The van der Waals surface area contributed by atoms with Gasteiger partial charge in [0.15, 0.2) is 0 Å². The summed E-state index contributed by atoms with van der Waals surface area (Å²) in [4.78, 5) is 0. The number of thiol groups is 2. The second-order valence-electron chi connectivity index (χ2n) is 4.47. The van der Waals surface area contributed by atoms with Crippen LogP contribution in [-0.4, -0.2) is 23.0 Å². The van der Waals surface area contributed by atoms with Crippen LogP contribution in [0.25, 0.3) is 0 Å². The Kier molecular flexibility index (Phi) is 12.1. The van der Waals surface area contributed by atoms with Crippen molar-refractivity contribution in [2.24, 2.45) is 0 Å². The summed E-state index contributed by atoms with van der Waals surface area (Å²) in [7, 11) is 0. The van der Waals surface area contributed by atoms with Gasteiger partial charge in [-0.3, -0.25) is 0 Å². The third-order valence-electron chi connectivity index (χ3n) is 2.83. The van der Waals surface area contributed by atoms with Crippen molar-refractivity contribution >= 4 is 95.2 Å². The fourth-order valence-electron chi connectivity index (χ4n) is 1.67. The SMILES string of the molecule is SCCCSCc1c(Cl)c(Cl)c(Cl)c(CSCCCS)c1Cl. The van der Waals surface area contributed by atoms with Crippen molar-refractivity contribution in [3.8, 4) is 0 Å². The standard InChI is InChI=1S/C14H18Cl4S4/c15-11-9(7-21-5-1-3-19)12(16)14(18)13(17)10(11)8-22-6-2-4-20/h19-20H,1-8H2. The summed E-state index contributed by atoms with van der Waals surface area (Å²) in [6.45, 7) is 0. The first-order chi connectivity index (χ1) is 10.5. The molecule has 0 saturated carbocycles. The Balaban J connectivity index is 2.89. The number of halogens is 4. The Morgan fingerprint density at radius 2 is 1.05 bits per heavy atom. The monoisotopic (exact) mass is 454 g/mol. The molecule has 0 aliphatic heterocycles. The van der Waals surface area contributed by atoms with Crippen LogP contribution in [0.15, 0.2) is 0 Å². The largest absolute Gasteiger partial charge is 0.179 e. The first kappa shape index (κ1) is 21.8. The summed E-state index contributed by atoms with van der Waals surface area (Å²) >= 11 is 37.4. The normalized spacial score (nSPS) is 11.2. The number of hydrogen-bond acceptors (Lipinski definition) is 4. The molecule has 1 rings (SSSR count). The van der Waals surface area contributed by atoms with Gasteiger partial charge in [-0.15, -0.1) is 0 Å². The second kappa shape index (κ2) is 12.2. The van der Waals surface area contributed by atoms with E-state index in [1.54, 1.807) is 23.5 Å². The molecule has 0 aliphatic rings. The van der Waals surface area contributed by atoms with Crippen LogP contribution in [0.5, 0.6) is 0 Å². The lowest BCUT2D eigenvalue weighted by Gasteiger charge is -2.15. The molecule has 0 amide bonds. The minimum Gasteiger partial charge on any atom is -0.179 e. The van der Waals surface area contributed by atoms with Crippen LogP contribution in [-0.2, 0) is 11.5 Å². The van der Waals surface area contributed by atoms with Crippen molar-refractivity contribution in [1.29, 1.82) is 0 Å². The van der Waals surface area contributed by atoms with E-state index in [1.807, 2.05) is 0 Å². The van der Waals surface area contributed by atoms with Crippen LogP contribution in [0, 0.1) is 0 Å². The van der Waals surface area contributed by atoms with Gasteiger partial charge >= 0.3 is 0 Å². The predicted molar refractivity (Wildman–Crippen MR) is 116 cm³/mol. The molecule has 0 atom stereocenters. The predicted octanol–water partition coefficient (Wildman–Crippen LogP) is 7.41. The van der Waals surface area contributed by atoms with Gasteiger partial charge in [0, 0.05) is 22.6 Å². The highest BCUT2D eigenvalue weighted by molar-refractivity contribution is 7.98. The van der Waals surface area contributed by atoms with E-state index >= 15 is 0 Å². The molecule has 22 heavy (non-hydrogen) atoms. The summed E-state index contributed by atoms with van der Waals surface area (Å²) in [6.07, 6.45) is 2.10. The summed E-state index contributed by atoms with van der Waals surface area (Å²) in [6, 6.07) is 0. The third-order valence-corrected chi connectivity index (χ3v) is 7.47. The van der Waals surface area contributed by atoms with Crippen molar-refractivity contribution in [3.63, 3.8) is 0 Å². The minimum atomic E-state index is 0.405. The van der Waals surface area contributed by atoms with Crippen molar-refractivity contribution in [1.82, 2.24) is 0 Å². The van der Waals surface area contributed by atoms with Gasteiger partial charge in [-0.25, -0.2) is 0 Å². The molecule has 0 saturated heterocycles. The second-order valence-corrected chi connectivity index (χ2v) is 9.09. The Morgan fingerprint density at radius 1 is 0.636 bits per heavy atom. The van der Waals surface area contributed by atoms with Crippen molar-refractivity contribution < 1.29 is 0 Å². The van der Waals surface area contributed by atoms with Crippen LogP contribution in [0.3, 0.4) is 0 Å². The highest BCUT2D eigenvalue weighted by Crippen LogP contribution is 2.43.